The second kappa shape index (κ2) is 6.41. The number of aromatic nitrogens is 1. The van der Waals surface area contributed by atoms with Crippen LogP contribution in [0.4, 0.5) is 4.39 Å². The highest BCUT2D eigenvalue weighted by atomic mass is 19.1. The summed E-state index contributed by atoms with van der Waals surface area (Å²) >= 11 is 0. The van der Waals surface area contributed by atoms with Crippen LogP contribution in [0.25, 0.3) is 0 Å². The van der Waals surface area contributed by atoms with Crippen LogP contribution in [-0.4, -0.2) is 16.6 Å². The first-order valence-corrected chi connectivity index (χ1v) is 8.06. The van der Waals surface area contributed by atoms with Crippen LogP contribution in [0, 0.1) is 17.2 Å². The molecule has 0 saturated heterocycles. The van der Waals surface area contributed by atoms with Crippen LogP contribution in [0.1, 0.15) is 58.1 Å². The number of pyridine rings is 1. The number of aliphatic hydroxyl groups is 1. The Balaban J connectivity index is 2.34. The summed E-state index contributed by atoms with van der Waals surface area (Å²) in [4.78, 5) is 4.15. The second-order valence-electron chi connectivity index (χ2n) is 6.41. The van der Waals surface area contributed by atoms with Crippen molar-refractivity contribution in [2.45, 2.75) is 58.0 Å². The number of nitrogens with zero attached hydrogens (tertiary/aromatic N) is 1. The SMILES string of the molecule is CCC1CCC(CN)(C(O)(CC)c2ccc(F)cn2)CC1. The van der Waals surface area contributed by atoms with Gasteiger partial charge in [-0.1, -0.05) is 20.3 Å². The maximum absolute atomic E-state index is 13.1. The second-order valence-corrected chi connectivity index (χ2v) is 6.41. The minimum atomic E-state index is -1.08. The van der Waals surface area contributed by atoms with Crippen LogP contribution < -0.4 is 5.73 Å². The molecule has 1 aliphatic carbocycles. The number of hydrogen-bond acceptors (Lipinski definition) is 3. The van der Waals surface area contributed by atoms with Gasteiger partial charge in [0.15, 0.2) is 0 Å². The molecule has 0 radical (unpaired) electrons. The molecule has 4 heteroatoms. The maximum atomic E-state index is 13.1. The summed E-state index contributed by atoms with van der Waals surface area (Å²) in [5, 5.41) is 11.4. The molecule has 118 valence electrons. The summed E-state index contributed by atoms with van der Waals surface area (Å²) in [7, 11) is 0. The molecule has 0 aliphatic heterocycles. The highest BCUT2D eigenvalue weighted by Gasteiger charge is 2.51. The Morgan fingerprint density at radius 1 is 1.38 bits per heavy atom. The van der Waals surface area contributed by atoms with Crippen molar-refractivity contribution >= 4 is 0 Å². The number of rotatable bonds is 5. The highest BCUT2D eigenvalue weighted by Crippen LogP contribution is 2.52. The van der Waals surface area contributed by atoms with E-state index in [1.54, 1.807) is 6.07 Å². The molecule has 1 atom stereocenters. The Morgan fingerprint density at radius 3 is 2.48 bits per heavy atom. The van der Waals surface area contributed by atoms with Crippen LogP contribution in [0.5, 0.6) is 0 Å². The summed E-state index contributed by atoms with van der Waals surface area (Å²) in [5.41, 5.74) is 5.22. The largest absolute Gasteiger partial charge is 0.383 e. The Morgan fingerprint density at radius 2 is 2.05 bits per heavy atom. The zero-order valence-corrected chi connectivity index (χ0v) is 13.1. The van der Waals surface area contributed by atoms with Crippen molar-refractivity contribution in [3.8, 4) is 0 Å². The van der Waals surface area contributed by atoms with E-state index in [4.69, 9.17) is 5.73 Å². The first-order valence-electron chi connectivity index (χ1n) is 8.06. The molecule has 0 bridgehead atoms. The van der Waals surface area contributed by atoms with Crippen molar-refractivity contribution in [2.24, 2.45) is 17.1 Å². The molecule has 3 N–H and O–H groups in total. The molecule has 1 fully saturated rings. The lowest BCUT2D eigenvalue weighted by molar-refractivity contribution is -0.117. The van der Waals surface area contributed by atoms with Gasteiger partial charge in [0.25, 0.3) is 0 Å². The van der Waals surface area contributed by atoms with E-state index in [0.29, 0.717) is 18.7 Å². The van der Waals surface area contributed by atoms with Gasteiger partial charge < -0.3 is 10.8 Å². The molecular weight excluding hydrogens is 267 g/mol. The van der Waals surface area contributed by atoms with E-state index >= 15 is 0 Å². The van der Waals surface area contributed by atoms with Crippen LogP contribution in [0.2, 0.25) is 0 Å². The van der Waals surface area contributed by atoms with Crippen molar-refractivity contribution < 1.29 is 9.50 Å². The Hall–Kier alpha value is -1.00. The van der Waals surface area contributed by atoms with Gasteiger partial charge in [-0.2, -0.15) is 0 Å². The zero-order chi connectivity index (χ0) is 15.5. The fourth-order valence-electron chi connectivity index (χ4n) is 3.87. The molecule has 0 amide bonds. The average Bonchev–Trinajstić information content (AvgIpc) is 2.54. The van der Waals surface area contributed by atoms with Gasteiger partial charge in [0.1, 0.15) is 11.4 Å². The van der Waals surface area contributed by atoms with Crippen molar-refractivity contribution in [1.82, 2.24) is 4.98 Å². The standard InChI is InChI=1S/C17H27FN2O/c1-3-13-7-9-16(12-19,10-8-13)17(21,4-2)15-6-5-14(18)11-20-15/h5-6,11,13,21H,3-4,7-10,12,19H2,1-2H3. The van der Waals surface area contributed by atoms with Crippen LogP contribution in [-0.2, 0) is 5.60 Å². The smallest absolute Gasteiger partial charge is 0.141 e. The van der Waals surface area contributed by atoms with Crippen LogP contribution in [0.3, 0.4) is 0 Å². The lowest BCUT2D eigenvalue weighted by Gasteiger charge is -2.50. The molecule has 0 aromatic carbocycles. The fourth-order valence-corrected chi connectivity index (χ4v) is 3.87. The number of halogens is 1. The monoisotopic (exact) mass is 294 g/mol. The lowest BCUT2D eigenvalue weighted by atomic mass is 9.59. The molecule has 1 aromatic rings. The summed E-state index contributed by atoms with van der Waals surface area (Å²) in [6.45, 7) is 4.61. The first kappa shape index (κ1) is 16.4. The summed E-state index contributed by atoms with van der Waals surface area (Å²) < 4.78 is 13.1. The van der Waals surface area contributed by atoms with Gasteiger partial charge in [-0.15, -0.1) is 0 Å². The van der Waals surface area contributed by atoms with Crippen molar-refractivity contribution in [3.05, 3.63) is 29.8 Å². The van der Waals surface area contributed by atoms with Crippen LogP contribution >= 0.6 is 0 Å². The quantitative estimate of drug-likeness (QED) is 0.875. The third-order valence-electron chi connectivity index (χ3n) is 5.57. The summed E-state index contributed by atoms with van der Waals surface area (Å²) in [6, 6.07) is 2.97. The van der Waals surface area contributed by atoms with E-state index in [0.717, 1.165) is 31.6 Å². The van der Waals surface area contributed by atoms with E-state index in [-0.39, 0.29) is 11.2 Å². The maximum Gasteiger partial charge on any atom is 0.141 e. The lowest BCUT2D eigenvalue weighted by Crippen LogP contribution is -2.52. The Kier molecular flexibility index (Phi) is 4.99. The normalized spacial score (nSPS) is 29.1. The summed E-state index contributed by atoms with van der Waals surface area (Å²) in [6.07, 6.45) is 6.91. The predicted molar refractivity (Wildman–Crippen MR) is 82.1 cm³/mol. The zero-order valence-electron chi connectivity index (χ0n) is 13.1. The van der Waals surface area contributed by atoms with E-state index in [1.807, 2.05) is 6.92 Å². The van der Waals surface area contributed by atoms with E-state index < -0.39 is 5.60 Å². The minimum absolute atomic E-state index is 0.349. The fraction of sp³-hybridized carbons (Fsp3) is 0.706. The van der Waals surface area contributed by atoms with Gasteiger partial charge >= 0.3 is 0 Å². The first-order chi connectivity index (χ1) is 10.0. The van der Waals surface area contributed by atoms with Gasteiger partial charge in [0.2, 0.25) is 0 Å². The summed E-state index contributed by atoms with van der Waals surface area (Å²) in [5.74, 6) is 0.348. The topological polar surface area (TPSA) is 59.1 Å². The molecule has 3 nitrogen and oxygen atoms in total. The molecule has 1 saturated carbocycles. The minimum Gasteiger partial charge on any atom is -0.383 e. The molecule has 0 spiro atoms. The predicted octanol–water partition coefficient (Wildman–Crippen LogP) is 3.36. The van der Waals surface area contributed by atoms with E-state index in [1.165, 1.54) is 18.7 Å². The van der Waals surface area contributed by atoms with Gasteiger partial charge in [-0.3, -0.25) is 4.98 Å². The molecule has 2 rings (SSSR count). The molecule has 1 heterocycles. The van der Waals surface area contributed by atoms with Gasteiger partial charge in [-0.05, 0) is 50.2 Å². The van der Waals surface area contributed by atoms with Gasteiger partial charge in [-0.25, -0.2) is 4.39 Å². The molecule has 1 aromatic heterocycles. The third kappa shape index (κ3) is 2.84. The average molecular weight is 294 g/mol. The third-order valence-corrected chi connectivity index (χ3v) is 5.57. The molecular formula is C17H27FN2O. The van der Waals surface area contributed by atoms with E-state index in [2.05, 4.69) is 11.9 Å². The molecule has 1 unspecified atom stereocenters. The Labute approximate surface area is 126 Å². The van der Waals surface area contributed by atoms with E-state index in [9.17, 15) is 9.50 Å². The van der Waals surface area contributed by atoms with Crippen molar-refractivity contribution in [3.63, 3.8) is 0 Å². The number of hydrogen-bond donors (Lipinski definition) is 2. The Bertz CT molecular complexity index is 454. The highest BCUT2D eigenvalue weighted by molar-refractivity contribution is 5.19. The molecule has 1 aliphatic rings. The van der Waals surface area contributed by atoms with Crippen molar-refractivity contribution in [2.75, 3.05) is 6.54 Å². The van der Waals surface area contributed by atoms with Crippen LogP contribution in [0.15, 0.2) is 18.3 Å². The molecule has 21 heavy (non-hydrogen) atoms. The van der Waals surface area contributed by atoms with Gasteiger partial charge in [0.05, 0.1) is 11.9 Å². The van der Waals surface area contributed by atoms with Crippen molar-refractivity contribution in [1.29, 1.82) is 0 Å². The van der Waals surface area contributed by atoms with Gasteiger partial charge in [0, 0.05) is 12.0 Å². The number of nitrogens with two attached hydrogens (primary N) is 1.